The lowest BCUT2D eigenvalue weighted by atomic mass is 10.1. The maximum absolute atomic E-state index is 10.4. The molecule has 1 unspecified atom stereocenters. The van der Waals surface area contributed by atoms with Gasteiger partial charge in [0, 0.05) is 13.5 Å². The first-order valence-electron chi connectivity index (χ1n) is 6.37. The van der Waals surface area contributed by atoms with Crippen LogP contribution in [0.2, 0.25) is 0 Å². The smallest absolute Gasteiger partial charge is 0.302 e. The summed E-state index contributed by atoms with van der Waals surface area (Å²) >= 11 is 0. The molecule has 100 valence electrons. The summed E-state index contributed by atoms with van der Waals surface area (Å²) in [5.74, 6) is 10.7. The van der Waals surface area contributed by atoms with Crippen molar-refractivity contribution in [2.24, 2.45) is 0 Å². The topological polar surface area (TPSA) is 35.5 Å². The zero-order valence-electron chi connectivity index (χ0n) is 11.1. The molecule has 1 rings (SSSR count). The number of ether oxygens (including phenoxy) is 2. The highest BCUT2D eigenvalue weighted by molar-refractivity contribution is 5.66. The third kappa shape index (κ3) is 8.71. The predicted octanol–water partition coefficient (Wildman–Crippen LogP) is 2.24. The van der Waals surface area contributed by atoms with Crippen molar-refractivity contribution in [1.82, 2.24) is 0 Å². The minimum Gasteiger partial charge on any atom is -0.462 e. The van der Waals surface area contributed by atoms with Crippen LogP contribution in [0.4, 0.5) is 0 Å². The molecule has 0 aromatic carbocycles. The van der Waals surface area contributed by atoms with Gasteiger partial charge < -0.3 is 9.47 Å². The largest absolute Gasteiger partial charge is 0.462 e. The minimum absolute atomic E-state index is 0.208. The van der Waals surface area contributed by atoms with Gasteiger partial charge in [-0.2, -0.15) is 0 Å². The van der Waals surface area contributed by atoms with Gasteiger partial charge in [-0.25, -0.2) is 0 Å². The molecule has 0 amide bonds. The van der Waals surface area contributed by atoms with Gasteiger partial charge in [-0.15, -0.1) is 0 Å². The standard InChI is InChI=1S/C16H18O3/c1-15(17)18-13-9-6-4-2-3-5-7-11-16-12-8-10-14-19-16/h6-7,9,11,16H,8,10,12-14H2,1H3. The lowest BCUT2D eigenvalue weighted by molar-refractivity contribution is -0.139. The van der Waals surface area contributed by atoms with Crippen LogP contribution in [0.25, 0.3) is 0 Å². The molecule has 0 aromatic heterocycles. The monoisotopic (exact) mass is 258 g/mol. The summed E-state index contributed by atoms with van der Waals surface area (Å²) < 4.78 is 10.2. The molecule has 1 saturated heterocycles. The van der Waals surface area contributed by atoms with E-state index >= 15 is 0 Å². The molecular weight excluding hydrogens is 240 g/mol. The van der Waals surface area contributed by atoms with E-state index in [1.54, 1.807) is 18.2 Å². The molecule has 3 heteroatoms. The van der Waals surface area contributed by atoms with Gasteiger partial charge in [0.1, 0.15) is 6.61 Å². The van der Waals surface area contributed by atoms with Gasteiger partial charge in [0.2, 0.25) is 0 Å². The van der Waals surface area contributed by atoms with E-state index in [2.05, 4.69) is 23.7 Å². The van der Waals surface area contributed by atoms with Gasteiger partial charge in [-0.1, -0.05) is 11.8 Å². The molecule has 0 radical (unpaired) electrons. The molecule has 0 aliphatic carbocycles. The van der Waals surface area contributed by atoms with Crippen molar-refractivity contribution in [2.75, 3.05) is 13.2 Å². The van der Waals surface area contributed by atoms with Crippen molar-refractivity contribution in [1.29, 1.82) is 0 Å². The van der Waals surface area contributed by atoms with Gasteiger partial charge in [-0.3, -0.25) is 4.79 Å². The Kier molecular flexibility index (Phi) is 7.94. The molecule has 19 heavy (non-hydrogen) atoms. The first kappa shape index (κ1) is 15.1. The zero-order valence-corrected chi connectivity index (χ0v) is 11.1. The molecule has 1 fully saturated rings. The number of hydrogen-bond acceptors (Lipinski definition) is 3. The van der Waals surface area contributed by atoms with Gasteiger partial charge in [0.25, 0.3) is 0 Å². The highest BCUT2D eigenvalue weighted by atomic mass is 16.5. The highest BCUT2D eigenvalue weighted by Crippen LogP contribution is 2.12. The van der Waals surface area contributed by atoms with Crippen LogP contribution in [-0.4, -0.2) is 25.3 Å². The van der Waals surface area contributed by atoms with E-state index in [1.165, 1.54) is 13.3 Å². The van der Waals surface area contributed by atoms with Gasteiger partial charge >= 0.3 is 5.97 Å². The van der Waals surface area contributed by atoms with Gasteiger partial charge in [0.05, 0.1) is 6.10 Å². The minimum atomic E-state index is -0.299. The molecule has 0 spiro atoms. The second kappa shape index (κ2) is 10.00. The zero-order chi connectivity index (χ0) is 13.8. The van der Waals surface area contributed by atoms with E-state index in [0.29, 0.717) is 0 Å². The Morgan fingerprint density at radius 1 is 1.32 bits per heavy atom. The molecule has 1 heterocycles. The van der Waals surface area contributed by atoms with E-state index in [-0.39, 0.29) is 18.7 Å². The van der Waals surface area contributed by atoms with Crippen LogP contribution in [-0.2, 0) is 14.3 Å². The Labute approximate surface area is 114 Å². The van der Waals surface area contributed by atoms with Crippen LogP contribution in [0.15, 0.2) is 24.3 Å². The molecule has 0 saturated carbocycles. The Balaban J connectivity index is 2.19. The second-order valence-electron chi connectivity index (χ2n) is 4.01. The Bertz CT molecular complexity index is 446. The van der Waals surface area contributed by atoms with E-state index in [1.807, 2.05) is 6.08 Å². The fraction of sp³-hybridized carbons (Fsp3) is 0.438. The Hall–Kier alpha value is -1.97. The number of rotatable bonds is 3. The van der Waals surface area contributed by atoms with E-state index in [0.717, 1.165) is 19.4 Å². The number of carbonyl (C=O) groups excluding carboxylic acids is 1. The van der Waals surface area contributed by atoms with Crippen LogP contribution in [0.3, 0.4) is 0 Å². The Morgan fingerprint density at radius 2 is 2.11 bits per heavy atom. The second-order valence-corrected chi connectivity index (χ2v) is 4.01. The van der Waals surface area contributed by atoms with Crippen LogP contribution in [0.1, 0.15) is 26.2 Å². The number of allylic oxidation sites excluding steroid dienone is 2. The average molecular weight is 258 g/mol. The average Bonchev–Trinajstić information content (AvgIpc) is 2.42. The van der Waals surface area contributed by atoms with E-state index in [4.69, 9.17) is 9.47 Å². The van der Waals surface area contributed by atoms with Crippen molar-refractivity contribution < 1.29 is 14.3 Å². The molecule has 3 nitrogen and oxygen atoms in total. The summed E-state index contributed by atoms with van der Waals surface area (Å²) in [5, 5.41) is 0. The lowest BCUT2D eigenvalue weighted by Crippen LogP contribution is -2.15. The predicted molar refractivity (Wildman–Crippen MR) is 74.1 cm³/mol. The van der Waals surface area contributed by atoms with E-state index < -0.39 is 0 Å². The van der Waals surface area contributed by atoms with Crippen molar-refractivity contribution in [3.05, 3.63) is 24.3 Å². The molecular formula is C16H18O3. The van der Waals surface area contributed by atoms with E-state index in [9.17, 15) is 4.79 Å². The first-order chi connectivity index (χ1) is 9.29. The fourth-order valence-corrected chi connectivity index (χ4v) is 1.50. The summed E-state index contributed by atoms with van der Waals surface area (Å²) in [7, 11) is 0. The van der Waals surface area contributed by atoms with Crippen molar-refractivity contribution in [3.8, 4) is 23.7 Å². The quantitative estimate of drug-likeness (QED) is 0.575. The first-order valence-corrected chi connectivity index (χ1v) is 6.37. The summed E-state index contributed by atoms with van der Waals surface area (Å²) in [6.07, 6.45) is 10.7. The molecule has 1 aliphatic rings. The number of carbonyl (C=O) groups is 1. The van der Waals surface area contributed by atoms with Gasteiger partial charge in [-0.05, 0) is 55.4 Å². The fourth-order valence-electron chi connectivity index (χ4n) is 1.50. The van der Waals surface area contributed by atoms with Crippen molar-refractivity contribution in [2.45, 2.75) is 32.3 Å². The summed E-state index contributed by atoms with van der Waals surface area (Å²) in [4.78, 5) is 10.4. The molecule has 0 aromatic rings. The summed E-state index contributed by atoms with van der Waals surface area (Å²) in [6.45, 7) is 2.46. The van der Waals surface area contributed by atoms with Gasteiger partial charge in [0.15, 0.2) is 0 Å². The van der Waals surface area contributed by atoms with Crippen LogP contribution >= 0.6 is 0 Å². The summed E-state index contributed by atoms with van der Waals surface area (Å²) in [6, 6.07) is 0. The van der Waals surface area contributed by atoms with Crippen molar-refractivity contribution >= 4 is 5.97 Å². The molecule has 1 aliphatic heterocycles. The molecule has 0 bridgehead atoms. The maximum atomic E-state index is 10.4. The molecule has 0 N–H and O–H groups in total. The highest BCUT2D eigenvalue weighted by Gasteiger charge is 2.08. The summed E-state index contributed by atoms with van der Waals surface area (Å²) in [5.41, 5.74) is 0. The van der Waals surface area contributed by atoms with Crippen molar-refractivity contribution in [3.63, 3.8) is 0 Å². The normalized spacial score (nSPS) is 18.5. The molecule has 1 atom stereocenters. The van der Waals surface area contributed by atoms with Crippen LogP contribution in [0.5, 0.6) is 0 Å². The van der Waals surface area contributed by atoms with Crippen LogP contribution in [0, 0.1) is 23.7 Å². The van der Waals surface area contributed by atoms with Crippen LogP contribution < -0.4 is 0 Å². The number of hydrogen-bond donors (Lipinski definition) is 0. The lowest BCUT2D eigenvalue weighted by Gasteiger charge is -2.18. The SMILES string of the molecule is CC(=O)OCC=CC#CC#CC=CC1CCCCO1. The third-order valence-electron chi connectivity index (χ3n) is 2.40. The Morgan fingerprint density at radius 3 is 2.79 bits per heavy atom. The number of esters is 1. The third-order valence-corrected chi connectivity index (χ3v) is 2.40. The maximum Gasteiger partial charge on any atom is 0.302 e.